The SMILES string of the molecule is CC(C)(C)OC(=O)N1CCN(C(c2ccccn2)c2cc(Cl)c3cccnc3c2O)CC1. The standard InChI is InChI=1S/C24H27ClN4O3/c1-24(2,3)32-23(31)29-13-11-28(12-14-29)21(19-8-4-5-9-26-19)17-15-18(25)16-7-6-10-27-20(16)22(17)30/h4-10,15,21,30H,11-14H2,1-3H3. The summed E-state index contributed by atoms with van der Waals surface area (Å²) in [5, 5.41) is 12.4. The molecule has 1 saturated heterocycles. The molecule has 168 valence electrons. The summed E-state index contributed by atoms with van der Waals surface area (Å²) < 4.78 is 5.52. The van der Waals surface area contributed by atoms with Gasteiger partial charge in [0.05, 0.1) is 16.8 Å². The Morgan fingerprint density at radius 3 is 2.47 bits per heavy atom. The van der Waals surface area contributed by atoms with Crippen molar-refractivity contribution in [2.24, 2.45) is 0 Å². The number of halogens is 1. The first-order chi connectivity index (χ1) is 15.2. The molecule has 4 rings (SSSR count). The molecule has 0 bridgehead atoms. The van der Waals surface area contributed by atoms with Crippen molar-refractivity contribution < 1.29 is 14.6 Å². The Labute approximate surface area is 192 Å². The average Bonchev–Trinajstić information content (AvgIpc) is 2.77. The lowest BCUT2D eigenvalue weighted by molar-refractivity contribution is 0.0117. The maximum atomic E-state index is 12.5. The van der Waals surface area contributed by atoms with Crippen molar-refractivity contribution in [1.82, 2.24) is 19.8 Å². The number of pyridine rings is 2. The molecule has 0 radical (unpaired) electrons. The van der Waals surface area contributed by atoms with Crippen molar-refractivity contribution in [3.8, 4) is 5.75 Å². The van der Waals surface area contributed by atoms with Gasteiger partial charge in [-0.25, -0.2) is 4.79 Å². The Bertz CT molecular complexity index is 1110. The smallest absolute Gasteiger partial charge is 0.410 e. The first-order valence-corrected chi connectivity index (χ1v) is 11.0. The predicted molar refractivity (Wildman–Crippen MR) is 124 cm³/mol. The van der Waals surface area contributed by atoms with E-state index in [-0.39, 0.29) is 17.9 Å². The van der Waals surface area contributed by atoms with Crippen LogP contribution in [0.15, 0.2) is 48.8 Å². The van der Waals surface area contributed by atoms with Crippen LogP contribution in [-0.4, -0.2) is 62.7 Å². The number of ether oxygens (including phenoxy) is 1. The molecular formula is C24H27ClN4O3. The molecule has 1 fully saturated rings. The zero-order valence-corrected chi connectivity index (χ0v) is 19.2. The molecule has 1 amide bonds. The van der Waals surface area contributed by atoms with E-state index in [1.165, 1.54) is 0 Å². The van der Waals surface area contributed by atoms with Gasteiger partial charge in [0.25, 0.3) is 0 Å². The van der Waals surface area contributed by atoms with Gasteiger partial charge in [-0.1, -0.05) is 17.7 Å². The Kier molecular flexibility index (Phi) is 6.22. The minimum Gasteiger partial charge on any atom is -0.505 e. The van der Waals surface area contributed by atoms with Crippen LogP contribution >= 0.6 is 11.6 Å². The number of phenols is 1. The van der Waals surface area contributed by atoms with Gasteiger partial charge in [-0.15, -0.1) is 0 Å². The number of piperazine rings is 1. The minimum atomic E-state index is -0.536. The average molecular weight is 455 g/mol. The molecule has 1 unspecified atom stereocenters. The van der Waals surface area contributed by atoms with Crippen molar-refractivity contribution >= 4 is 28.6 Å². The number of hydrogen-bond acceptors (Lipinski definition) is 6. The number of phenolic OH excluding ortho intramolecular Hbond substituents is 1. The lowest BCUT2D eigenvalue weighted by Crippen LogP contribution is -2.51. The molecule has 8 heteroatoms. The molecule has 0 spiro atoms. The molecule has 1 N–H and O–H groups in total. The maximum absolute atomic E-state index is 12.5. The second-order valence-corrected chi connectivity index (χ2v) is 9.26. The molecule has 1 aromatic carbocycles. The van der Waals surface area contributed by atoms with Crippen LogP contribution in [0.3, 0.4) is 0 Å². The number of fused-ring (bicyclic) bond motifs is 1. The highest BCUT2D eigenvalue weighted by molar-refractivity contribution is 6.35. The highest BCUT2D eigenvalue weighted by atomic mass is 35.5. The number of rotatable bonds is 3. The molecule has 2 aromatic heterocycles. The van der Waals surface area contributed by atoms with Gasteiger partial charge in [-0.05, 0) is 51.1 Å². The highest BCUT2D eigenvalue weighted by Crippen LogP contribution is 2.40. The fraction of sp³-hybridized carbons (Fsp3) is 0.375. The van der Waals surface area contributed by atoms with E-state index in [4.69, 9.17) is 16.3 Å². The summed E-state index contributed by atoms with van der Waals surface area (Å²) in [5.74, 6) is 0.0928. The van der Waals surface area contributed by atoms with E-state index in [0.29, 0.717) is 47.7 Å². The maximum Gasteiger partial charge on any atom is 0.410 e. The summed E-state index contributed by atoms with van der Waals surface area (Å²) in [6.45, 7) is 7.79. The normalized spacial score (nSPS) is 16.2. The van der Waals surface area contributed by atoms with Crippen LogP contribution in [0.1, 0.15) is 38.1 Å². The van der Waals surface area contributed by atoms with Crippen LogP contribution in [-0.2, 0) is 4.74 Å². The third-order valence-electron chi connectivity index (χ3n) is 5.44. The Balaban J connectivity index is 1.67. The number of aromatic hydroxyl groups is 1. The Morgan fingerprint density at radius 1 is 1.09 bits per heavy atom. The highest BCUT2D eigenvalue weighted by Gasteiger charge is 2.33. The number of amides is 1. The Morgan fingerprint density at radius 2 is 1.81 bits per heavy atom. The van der Waals surface area contributed by atoms with E-state index in [1.807, 2.05) is 45.0 Å². The van der Waals surface area contributed by atoms with Crippen LogP contribution < -0.4 is 0 Å². The van der Waals surface area contributed by atoms with Gasteiger partial charge in [0.1, 0.15) is 16.9 Å². The summed E-state index contributed by atoms with van der Waals surface area (Å²) in [6, 6.07) is 10.8. The minimum absolute atomic E-state index is 0.0928. The predicted octanol–water partition coefficient (Wildman–Crippen LogP) is 4.63. The zero-order valence-electron chi connectivity index (χ0n) is 18.5. The number of carbonyl (C=O) groups excluding carboxylic acids is 1. The van der Waals surface area contributed by atoms with Crippen LogP contribution in [0.2, 0.25) is 5.02 Å². The van der Waals surface area contributed by atoms with Crippen molar-refractivity contribution in [2.45, 2.75) is 32.4 Å². The van der Waals surface area contributed by atoms with Gasteiger partial charge in [-0.3, -0.25) is 14.9 Å². The molecule has 0 saturated carbocycles. The van der Waals surface area contributed by atoms with Crippen LogP contribution in [0.25, 0.3) is 10.9 Å². The van der Waals surface area contributed by atoms with Crippen molar-refractivity contribution in [3.63, 3.8) is 0 Å². The first kappa shape index (κ1) is 22.3. The fourth-order valence-electron chi connectivity index (χ4n) is 3.98. The van der Waals surface area contributed by atoms with Crippen LogP contribution in [0.5, 0.6) is 5.75 Å². The lowest BCUT2D eigenvalue weighted by atomic mass is 9.97. The molecule has 3 heterocycles. The van der Waals surface area contributed by atoms with Gasteiger partial charge >= 0.3 is 6.09 Å². The Hall–Kier alpha value is -2.90. The molecule has 1 aliphatic heterocycles. The number of hydrogen-bond donors (Lipinski definition) is 1. The van der Waals surface area contributed by atoms with E-state index in [1.54, 1.807) is 29.4 Å². The van der Waals surface area contributed by atoms with E-state index in [2.05, 4.69) is 14.9 Å². The zero-order chi connectivity index (χ0) is 22.9. The van der Waals surface area contributed by atoms with Gasteiger partial charge in [0.2, 0.25) is 0 Å². The quantitative estimate of drug-likeness (QED) is 0.621. The van der Waals surface area contributed by atoms with Crippen molar-refractivity contribution in [2.75, 3.05) is 26.2 Å². The lowest BCUT2D eigenvalue weighted by Gasteiger charge is -2.39. The molecular weight excluding hydrogens is 428 g/mol. The van der Waals surface area contributed by atoms with Gasteiger partial charge in [0.15, 0.2) is 0 Å². The topological polar surface area (TPSA) is 78.8 Å². The number of benzene rings is 1. The van der Waals surface area contributed by atoms with E-state index in [9.17, 15) is 9.90 Å². The third-order valence-corrected chi connectivity index (χ3v) is 5.75. The summed E-state index contributed by atoms with van der Waals surface area (Å²) in [4.78, 5) is 25.3. The summed E-state index contributed by atoms with van der Waals surface area (Å²) in [7, 11) is 0. The number of carbonyl (C=O) groups is 1. The second kappa shape index (κ2) is 8.92. The monoisotopic (exact) mass is 454 g/mol. The molecule has 7 nitrogen and oxygen atoms in total. The summed E-state index contributed by atoms with van der Waals surface area (Å²) in [5.41, 5.74) is 1.36. The van der Waals surface area contributed by atoms with E-state index >= 15 is 0 Å². The van der Waals surface area contributed by atoms with Crippen molar-refractivity contribution in [3.05, 3.63) is 65.1 Å². The van der Waals surface area contributed by atoms with Crippen LogP contribution in [0.4, 0.5) is 4.79 Å². The van der Waals surface area contributed by atoms with E-state index in [0.717, 1.165) is 5.69 Å². The first-order valence-electron chi connectivity index (χ1n) is 10.6. The van der Waals surface area contributed by atoms with Crippen LogP contribution in [0, 0.1) is 0 Å². The van der Waals surface area contributed by atoms with Crippen molar-refractivity contribution in [1.29, 1.82) is 0 Å². The third kappa shape index (κ3) is 4.64. The van der Waals surface area contributed by atoms with Gasteiger partial charge in [-0.2, -0.15) is 0 Å². The molecule has 3 aromatic rings. The summed E-state index contributed by atoms with van der Waals surface area (Å²) in [6.07, 6.45) is 3.06. The molecule has 0 aliphatic carbocycles. The summed E-state index contributed by atoms with van der Waals surface area (Å²) >= 11 is 6.57. The fourth-order valence-corrected chi connectivity index (χ4v) is 4.25. The molecule has 32 heavy (non-hydrogen) atoms. The van der Waals surface area contributed by atoms with Gasteiger partial charge in [0, 0.05) is 49.5 Å². The van der Waals surface area contributed by atoms with Gasteiger partial charge < -0.3 is 14.7 Å². The number of nitrogens with zero attached hydrogens (tertiary/aromatic N) is 4. The second-order valence-electron chi connectivity index (χ2n) is 8.86. The molecule has 1 atom stereocenters. The number of aromatic nitrogens is 2. The molecule has 1 aliphatic rings. The largest absolute Gasteiger partial charge is 0.505 e. The van der Waals surface area contributed by atoms with E-state index < -0.39 is 5.60 Å².